The predicted molar refractivity (Wildman–Crippen MR) is 56.4 cm³/mol. The summed E-state index contributed by atoms with van der Waals surface area (Å²) in [7, 11) is -0.225. The number of nitrogens with two attached hydrogens (primary N) is 1. The molecule has 0 bridgehead atoms. The maximum absolute atomic E-state index is 10.6. The molecule has 1 aromatic rings. The second-order valence-corrected chi connectivity index (χ2v) is 3.42. The van der Waals surface area contributed by atoms with E-state index in [2.05, 4.69) is 5.63 Å². The summed E-state index contributed by atoms with van der Waals surface area (Å²) in [5.41, 5.74) is 9.36. The summed E-state index contributed by atoms with van der Waals surface area (Å²) in [4.78, 5) is 10.6. The number of carbonyl (C=O) groups is 1. The number of hydrogen-bond donors (Lipinski definition) is 2. The number of aliphatic carboxylic acids is 1. The van der Waals surface area contributed by atoms with Crippen LogP contribution >= 0.6 is 7.92 Å². The molecule has 0 aliphatic rings. The van der Waals surface area contributed by atoms with E-state index < -0.39 is 12.0 Å². The summed E-state index contributed by atoms with van der Waals surface area (Å²) in [5, 5.41) is 8.66. The molecule has 1 atom stereocenters. The Labute approximate surface area is 88.2 Å². The Morgan fingerprint density at radius 2 is 2.20 bits per heavy atom. The van der Waals surface area contributed by atoms with Gasteiger partial charge in [-0.15, -0.1) is 0 Å². The Hall–Kier alpha value is -1.34. The molecule has 0 saturated carbocycles. The molecule has 0 radical (unpaired) electrons. The minimum absolute atomic E-state index is 0.202. The zero-order chi connectivity index (χ0) is 11.3. The fourth-order valence-electron chi connectivity index (χ4n) is 1.18. The van der Waals surface area contributed by atoms with Crippen molar-refractivity contribution in [3.8, 4) is 5.63 Å². The van der Waals surface area contributed by atoms with Gasteiger partial charge in [-0.2, -0.15) is 0 Å². The van der Waals surface area contributed by atoms with E-state index in [-0.39, 0.29) is 14.3 Å². The molecule has 78 valence electrons. The van der Waals surface area contributed by atoms with Crippen LogP contribution in [0.5, 0.6) is 0 Å². The number of carboxylic acid groups (broad SMARTS) is 1. The first-order chi connectivity index (χ1) is 7.15. The van der Waals surface area contributed by atoms with E-state index >= 15 is 0 Å². The number of carboxylic acids is 1. The topological polar surface area (TPSA) is 80.4 Å². The van der Waals surface area contributed by atoms with Gasteiger partial charge in [0.25, 0.3) is 0 Å². The van der Waals surface area contributed by atoms with Gasteiger partial charge in [0.2, 0.25) is 0 Å². The Kier molecular flexibility index (Phi) is 4.32. The monoisotopic (exact) mass is 223 g/mol. The Bertz CT molecular complexity index is 466. The van der Waals surface area contributed by atoms with E-state index in [1.165, 1.54) is 0 Å². The normalized spacial score (nSPS) is 11.5. The van der Waals surface area contributed by atoms with Crippen molar-refractivity contribution in [2.75, 3.05) is 0 Å². The average Bonchev–Trinajstić information content (AvgIpc) is 2.21. The molecule has 1 rings (SSSR count). The molecule has 0 aliphatic heterocycles. The van der Waals surface area contributed by atoms with Crippen LogP contribution in [0.2, 0.25) is 0 Å². The molecule has 4 nitrogen and oxygen atoms in total. The third kappa shape index (κ3) is 3.37. The molecule has 0 aliphatic carbocycles. The summed E-state index contributed by atoms with van der Waals surface area (Å²) in [5.74, 6) is -1.05. The van der Waals surface area contributed by atoms with Gasteiger partial charge in [-0.25, -0.2) is 0 Å². The minimum atomic E-state index is -1.05. The summed E-state index contributed by atoms with van der Waals surface area (Å²) < 4.78 is 10.4. The van der Waals surface area contributed by atoms with Gasteiger partial charge in [0.1, 0.15) is 0 Å². The first kappa shape index (κ1) is 11.7. The Morgan fingerprint density at radius 3 is 2.80 bits per heavy atom. The maximum atomic E-state index is 10.6. The van der Waals surface area contributed by atoms with Crippen LogP contribution in [0.3, 0.4) is 0 Å². The van der Waals surface area contributed by atoms with Crippen LogP contribution in [0.4, 0.5) is 0 Å². The molecular formula is C10H10NO3P. The van der Waals surface area contributed by atoms with Gasteiger partial charge >= 0.3 is 87.6 Å². The molecule has 0 amide bonds. The average molecular weight is 223 g/mol. The molecule has 0 spiro atoms. The number of benzene rings is 1. The van der Waals surface area contributed by atoms with Gasteiger partial charge in [-0.05, 0) is 0 Å². The summed E-state index contributed by atoms with van der Waals surface area (Å²) in [6.45, 7) is 0. The van der Waals surface area contributed by atoms with Crippen molar-refractivity contribution in [1.29, 1.82) is 0 Å². The van der Waals surface area contributed by atoms with Crippen LogP contribution in [-0.4, -0.2) is 17.1 Å². The molecule has 0 heterocycles. The van der Waals surface area contributed by atoms with Crippen LogP contribution in [-0.2, 0) is 15.8 Å². The third-order valence-corrected chi connectivity index (χ3v) is 2.27. The Morgan fingerprint density at radius 1 is 1.53 bits per heavy atom. The van der Waals surface area contributed by atoms with Gasteiger partial charge in [0.05, 0.1) is 0 Å². The summed E-state index contributed by atoms with van der Waals surface area (Å²) in [6, 6.07) is 6.06. The van der Waals surface area contributed by atoms with E-state index in [4.69, 9.17) is 10.8 Å². The summed E-state index contributed by atoms with van der Waals surface area (Å²) in [6.07, 6.45) is 0.202. The van der Waals surface area contributed by atoms with Crippen molar-refractivity contribution >= 4 is 13.9 Å². The molecule has 15 heavy (non-hydrogen) atoms. The van der Waals surface area contributed by atoms with Crippen LogP contribution in [0, 0.1) is 5.63 Å². The first-order valence-corrected chi connectivity index (χ1v) is 5.11. The van der Waals surface area contributed by atoms with Crippen molar-refractivity contribution < 1.29 is 14.5 Å². The third-order valence-electron chi connectivity index (χ3n) is 1.94. The molecule has 1 unspecified atom stereocenters. The molecule has 1 aromatic carbocycles. The molecule has 0 saturated heterocycles. The number of rotatable bonds is 3. The molecule has 3 N–H and O–H groups in total. The van der Waals surface area contributed by atoms with E-state index in [1.54, 1.807) is 24.3 Å². The van der Waals surface area contributed by atoms with Gasteiger partial charge in [0, 0.05) is 0 Å². The molecule has 0 fully saturated rings. The molecule has 5 heteroatoms. The second-order valence-electron chi connectivity index (χ2n) is 3.01. The van der Waals surface area contributed by atoms with Crippen molar-refractivity contribution in [3.05, 3.63) is 35.4 Å². The zero-order valence-electron chi connectivity index (χ0n) is 7.88. The number of hydrogen-bond acceptors (Lipinski definition) is 3. The van der Waals surface area contributed by atoms with Crippen LogP contribution < -0.4 is 5.73 Å². The van der Waals surface area contributed by atoms with Crippen molar-refractivity contribution in [1.82, 2.24) is 0 Å². The van der Waals surface area contributed by atoms with E-state index in [0.29, 0.717) is 5.56 Å². The van der Waals surface area contributed by atoms with Crippen molar-refractivity contribution in [2.45, 2.75) is 12.5 Å². The molecular weight excluding hydrogens is 213 g/mol. The van der Waals surface area contributed by atoms with Crippen molar-refractivity contribution in [3.63, 3.8) is 0 Å². The van der Waals surface area contributed by atoms with E-state index in [9.17, 15) is 9.36 Å². The Balaban J connectivity index is 2.97. The van der Waals surface area contributed by atoms with E-state index in [1.807, 2.05) is 0 Å². The standard InChI is InChI=1S/C10H10NO3P/c11-9(10(12)13)5-7-3-1-2-4-8(7)6-15-14/h1-4,9H,5,11H2,(H,12,13). The molecule has 0 aromatic heterocycles. The fraction of sp³-hybridized carbons (Fsp3) is 0.200. The SMILES string of the molecule is NC(Cc1ccccc1C#P=O)C(=O)O. The van der Waals surface area contributed by atoms with Crippen LogP contribution in [0.25, 0.3) is 0 Å². The van der Waals surface area contributed by atoms with Gasteiger partial charge in [-0.1, -0.05) is 0 Å². The van der Waals surface area contributed by atoms with Crippen molar-refractivity contribution in [2.24, 2.45) is 5.73 Å². The predicted octanol–water partition coefficient (Wildman–Crippen LogP) is 1.24. The van der Waals surface area contributed by atoms with Gasteiger partial charge < -0.3 is 0 Å². The van der Waals surface area contributed by atoms with Crippen LogP contribution in [0.15, 0.2) is 24.3 Å². The quantitative estimate of drug-likeness (QED) is 0.755. The van der Waals surface area contributed by atoms with E-state index in [0.717, 1.165) is 5.56 Å². The first-order valence-electron chi connectivity index (χ1n) is 4.30. The zero-order valence-corrected chi connectivity index (χ0v) is 8.78. The van der Waals surface area contributed by atoms with Crippen LogP contribution in [0.1, 0.15) is 11.1 Å². The van der Waals surface area contributed by atoms with Gasteiger partial charge in [-0.3, -0.25) is 0 Å². The second kappa shape index (κ2) is 5.52. The fourth-order valence-corrected chi connectivity index (χ4v) is 1.50. The van der Waals surface area contributed by atoms with Gasteiger partial charge in [0.15, 0.2) is 0 Å². The summed E-state index contributed by atoms with van der Waals surface area (Å²) >= 11 is 0.